The molecule has 2 amide bonds. The molecule has 1 fully saturated rings. The summed E-state index contributed by atoms with van der Waals surface area (Å²) in [5.74, 6) is -0.898. The van der Waals surface area contributed by atoms with Crippen molar-refractivity contribution in [1.82, 2.24) is 10.2 Å². The van der Waals surface area contributed by atoms with Crippen LogP contribution in [0.25, 0.3) is 0 Å². The number of primary amides is 1. The number of nitrogens with one attached hydrogen (secondary N) is 1. The van der Waals surface area contributed by atoms with Crippen LogP contribution in [0, 0.1) is 0 Å². The number of amides is 2. The lowest BCUT2D eigenvalue weighted by Crippen LogP contribution is -2.50. The Morgan fingerprint density at radius 2 is 2.10 bits per heavy atom. The first-order valence-electron chi connectivity index (χ1n) is 7.11. The van der Waals surface area contributed by atoms with E-state index in [4.69, 9.17) is 5.73 Å². The van der Waals surface area contributed by atoms with E-state index in [-0.39, 0.29) is 12.5 Å². The third kappa shape index (κ3) is 4.03. The number of aliphatic hydroxyl groups is 1. The van der Waals surface area contributed by atoms with Crippen molar-refractivity contribution in [3.05, 3.63) is 35.9 Å². The number of carbonyl (C=O) groups excluding carboxylic acids is 2. The molecule has 1 aromatic rings. The number of rotatable bonds is 6. The lowest BCUT2D eigenvalue weighted by atomic mass is 10.1. The van der Waals surface area contributed by atoms with Gasteiger partial charge in [0.2, 0.25) is 11.8 Å². The molecule has 1 heterocycles. The standard InChI is InChI=1S/C15H21N3O3/c16-15(21)14(20)12-7-4-8-18(12)13(19)10-17-9-11-5-2-1-3-6-11/h1-3,5-6,12,14,17,20H,4,7-10H2,(H2,16,21). The number of carbonyl (C=O) groups is 2. The van der Waals surface area contributed by atoms with E-state index in [1.54, 1.807) is 4.90 Å². The molecule has 1 aliphatic heterocycles. The maximum Gasteiger partial charge on any atom is 0.248 e. The minimum atomic E-state index is -1.29. The van der Waals surface area contributed by atoms with Gasteiger partial charge in [-0.3, -0.25) is 9.59 Å². The zero-order chi connectivity index (χ0) is 15.2. The second kappa shape index (κ2) is 7.19. The lowest BCUT2D eigenvalue weighted by molar-refractivity contribution is -0.137. The maximum absolute atomic E-state index is 12.2. The molecule has 2 atom stereocenters. The molecule has 0 aromatic heterocycles. The van der Waals surface area contributed by atoms with Crippen LogP contribution < -0.4 is 11.1 Å². The van der Waals surface area contributed by atoms with E-state index < -0.39 is 18.1 Å². The summed E-state index contributed by atoms with van der Waals surface area (Å²) in [4.78, 5) is 24.8. The van der Waals surface area contributed by atoms with E-state index in [0.717, 1.165) is 12.0 Å². The number of aliphatic hydroxyl groups excluding tert-OH is 1. The third-order valence-electron chi connectivity index (χ3n) is 3.72. The second-order valence-electron chi connectivity index (χ2n) is 5.23. The first kappa shape index (κ1) is 15.5. The van der Waals surface area contributed by atoms with Crippen molar-refractivity contribution in [1.29, 1.82) is 0 Å². The van der Waals surface area contributed by atoms with Gasteiger partial charge in [-0.1, -0.05) is 30.3 Å². The number of nitrogens with zero attached hydrogens (tertiary/aromatic N) is 1. The molecule has 6 heteroatoms. The summed E-state index contributed by atoms with van der Waals surface area (Å²) in [5, 5.41) is 12.8. The fourth-order valence-corrected chi connectivity index (χ4v) is 2.63. The molecule has 2 rings (SSSR count). The van der Waals surface area contributed by atoms with Gasteiger partial charge in [-0.15, -0.1) is 0 Å². The van der Waals surface area contributed by atoms with Crippen molar-refractivity contribution in [3.8, 4) is 0 Å². The van der Waals surface area contributed by atoms with Gasteiger partial charge in [0.25, 0.3) is 0 Å². The van der Waals surface area contributed by atoms with Crippen LogP contribution in [0.3, 0.4) is 0 Å². The molecule has 0 radical (unpaired) electrons. The zero-order valence-electron chi connectivity index (χ0n) is 11.9. The van der Waals surface area contributed by atoms with Gasteiger partial charge >= 0.3 is 0 Å². The summed E-state index contributed by atoms with van der Waals surface area (Å²) >= 11 is 0. The highest BCUT2D eigenvalue weighted by Gasteiger charge is 2.36. The predicted octanol–water partition coefficient (Wildman–Crippen LogP) is -0.387. The van der Waals surface area contributed by atoms with Gasteiger partial charge < -0.3 is 21.1 Å². The molecule has 1 saturated heterocycles. The topological polar surface area (TPSA) is 95.7 Å². The van der Waals surface area contributed by atoms with Crippen LogP contribution in [0.15, 0.2) is 30.3 Å². The number of hydrogen-bond acceptors (Lipinski definition) is 4. The van der Waals surface area contributed by atoms with Gasteiger partial charge in [0, 0.05) is 13.1 Å². The third-order valence-corrected chi connectivity index (χ3v) is 3.72. The molecular formula is C15H21N3O3. The summed E-state index contributed by atoms with van der Waals surface area (Å²) in [6.07, 6.45) is 0.0964. The van der Waals surface area contributed by atoms with Crippen LogP contribution >= 0.6 is 0 Å². The van der Waals surface area contributed by atoms with Crippen molar-refractivity contribution >= 4 is 11.8 Å². The Bertz CT molecular complexity index is 492. The molecule has 1 aromatic carbocycles. The van der Waals surface area contributed by atoms with E-state index in [9.17, 15) is 14.7 Å². The normalized spacial score (nSPS) is 19.5. The fourth-order valence-electron chi connectivity index (χ4n) is 2.63. The smallest absolute Gasteiger partial charge is 0.248 e. The number of benzene rings is 1. The second-order valence-corrected chi connectivity index (χ2v) is 5.23. The Hall–Kier alpha value is -1.92. The maximum atomic E-state index is 12.2. The summed E-state index contributed by atoms with van der Waals surface area (Å²) in [7, 11) is 0. The van der Waals surface area contributed by atoms with Gasteiger partial charge in [-0.05, 0) is 18.4 Å². The van der Waals surface area contributed by atoms with E-state index in [1.807, 2.05) is 30.3 Å². The van der Waals surface area contributed by atoms with Gasteiger partial charge in [-0.2, -0.15) is 0 Å². The Morgan fingerprint density at radius 3 is 2.76 bits per heavy atom. The van der Waals surface area contributed by atoms with Gasteiger partial charge in [0.1, 0.15) is 0 Å². The summed E-state index contributed by atoms with van der Waals surface area (Å²) in [5.41, 5.74) is 6.21. The van der Waals surface area contributed by atoms with Crippen LogP contribution in [0.4, 0.5) is 0 Å². The van der Waals surface area contributed by atoms with Crippen LogP contribution in [0.5, 0.6) is 0 Å². The fraction of sp³-hybridized carbons (Fsp3) is 0.467. The summed E-state index contributed by atoms with van der Waals surface area (Å²) in [6.45, 7) is 1.33. The van der Waals surface area contributed by atoms with E-state index in [2.05, 4.69) is 5.32 Å². The highest BCUT2D eigenvalue weighted by molar-refractivity contribution is 5.83. The Kier molecular flexibility index (Phi) is 5.30. The first-order valence-corrected chi connectivity index (χ1v) is 7.11. The Morgan fingerprint density at radius 1 is 1.38 bits per heavy atom. The molecule has 2 unspecified atom stereocenters. The molecule has 1 aliphatic rings. The van der Waals surface area contributed by atoms with Crippen LogP contribution in [0.2, 0.25) is 0 Å². The Balaban J connectivity index is 1.83. The molecule has 114 valence electrons. The van der Waals surface area contributed by atoms with Crippen molar-refractivity contribution in [2.45, 2.75) is 31.5 Å². The monoisotopic (exact) mass is 291 g/mol. The van der Waals surface area contributed by atoms with E-state index in [0.29, 0.717) is 19.5 Å². The van der Waals surface area contributed by atoms with Crippen molar-refractivity contribution < 1.29 is 14.7 Å². The molecule has 21 heavy (non-hydrogen) atoms. The van der Waals surface area contributed by atoms with Crippen LogP contribution in [-0.4, -0.2) is 47.1 Å². The highest BCUT2D eigenvalue weighted by Crippen LogP contribution is 2.20. The number of nitrogens with two attached hydrogens (primary N) is 1. The number of likely N-dealkylation sites (tertiary alicyclic amines) is 1. The SMILES string of the molecule is NC(=O)C(O)C1CCCN1C(=O)CNCc1ccccc1. The van der Waals surface area contributed by atoms with Gasteiger partial charge in [-0.25, -0.2) is 0 Å². The summed E-state index contributed by atoms with van der Waals surface area (Å²) in [6, 6.07) is 9.29. The largest absolute Gasteiger partial charge is 0.381 e. The van der Waals surface area contributed by atoms with Crippen LogP contribution in [0.1, 0.15) is 18.4 Å². The zero-order valence-corrected chi connectivity index (χ0v) is 11.9. The Labute approximate surface area is 123 Å². The quantitative estimate of drug-likeness (QED) is 0.665. The molecule has 0 aliphatic carbocycles. The molecular weight excluding hydrogens is 270 g/mol. The predicted molar refractivity (Wildman–Crippen MR) is 78.1 cm³/mol. The lowest BCUT2D eigenvalue weighted by Gasteiger charge is -2.27. The molecule has 4 N–H and O–H groups in total. The number of hydrogen-bond donors (Lipinski definition) is 3. The van der Waals surface area contributed by atoms with Gasteiger partial charge in [0.15, 0.2) is 6.10 Å². The first-order chi connectivity index (χ1) is 10.1. The van der Waals surface area contributed by atoms with Crippen molar-refractivity contribution in [3.63, 3.8) is 0 Å². The minimum Gasteiger partial charge on any atom is -0.381 e. The molecule has 0 spiro atoms. The van der Waals surface area contributed by atoms with Crippen molar-refractivity contribution in [2.24, 2.45) is 5.73 Å². The van der Waals surface area contributed by atoms with Crippen LogP contribution in [-0.2, 0) is 16.1 Å². The highest BCUT2D eigenvalue weighted by atomic mass is 16.3. The molecule has 0 saturated carbocycles. The van der Waals surface area contributed by atoms with Crippen molar-refractivity contribution in [2.75, 3.05) is 13.1 Å². The van der Waals surface area contributed by atoms with Gasteiger partial charge in [0.05, 0.1) is 12.6 Å². The average molecular weight is 291 g/mol. The average Bonchev–Trinajstić information content (AvgIpc) is 2.96. The molecule has 6 nitrogen and oxygen atoms in total. The van der Waals surface area contributed by atoms with E-state index in [1.165, 1.54) is 0 Å². The summed E-state index contributed by atoms with van der Waals surface area (Å²) < 4.78 is 0. The van der Waals surface area contributed by atoms with E-state index >= 15 is 0 Å². The molecule has 0 bridgehead atoms. The minimum absolute atomic E-state index is 0.117.